The van der Waals surface area contributed by atoms with Gasteiger partial charge in [-0.3, -0.25) is 19.7 Å². The van der Waals surface area contributed by atoms with E-state index in [-0.39, 0.29) is 18.2 Å². The summed E-state index contributed by atoms with van der Waals surface area (Å²) in [4.78, 5) is 33.1. The van der Waals surface area contributed by atoms with Crippen LogP contribution in [0.4, 0.5) is 0 Å². The summed E-state index contributed by atoms with van der Waals surface area (Å²) in [7, 11) is 0. The first-order chi connectivity index (χ1) is 6.50. The lowest BCUT2D eigenvalue weighted by atomic mass is 10.1. The molecule has 1 fully saturated rings. The Kier molecular flexibility index (Phi) is 3.19. The SMILES string of the molecule is C[C@H](N)C(=O)N[C@@H]1CCC(=O)NC1=O. The first-order valence-electron chi connectivity index (χ1n) is 4.40. The van der Waals surface area contributed by atoms with Gasteiger partial charge in [-0.05, 0) is 13.3 Å². The molecule has 1 aliphatic rings. The Balaban J connectivity index is 2.49. The molecule has 2 atom stereocenters. The lowest BCUT2D eigenvalue weighted by Gasteiger charge is -2.22. The highest BCUT2D eigenvalue weighted by Crippen LogP contribution is 2.03. The summed E-state index contributed by atoms with van der Waals surface area (Å²) in [5.41, 5.74) is 5.32. The molecule has 78 valence electrons. The van der Waals surface area contributed by atoms with Crippen LogP contribution in [0.25, 0.3) is 0 Å². The van der Waals surface area contributed by atoms with Crippen molar-refractivity contribution in [1.82, 2.24) is 10.6 Å². The summed E-state index contributed by atoms with van der Waals surface area (Å²) in [6.07, 6.45) is 0.582. The van der Waals surface area contributed by atoms with E-state index in [1.54, 1.807) is 0 Å². The molecule has 14 heavy (non-hydrogen) atoms. The first-order valence-corrected chi connectivity index (χ1v) is 4.40. The number of rotatable bonds is 2. The van der Waals surface area contributed by atoms with Gasteiger partial charge in [-0.1, -0.05) is 0 Å². The topological polar surface area (TPSA) is 101 Å². The number of nitrogens with two attached hydrogens (primary N) is 1. The van der Waals surface area contributed by atoms with Crippen LogP contribution in [-0.4, -0.2) is 29.8 Å². The minimum atomic E-state index is -0.652. The van der Waals surface area contributed by atoms with E-state index in [1.165, 1.54) is 6.92 Å². The van der Waals surface area contributed by atoms with Crippen LogP contribution in [0.3, 0.4) is 0 Å². The first kappa shape index (κ1) is 10.6. The molecular formula is C8H13N3O3. The van der Waals surface area contributed by atoms with Gasteiger partial charge in [0.25, 0.3) is 0 Å². The van der Waals surface area contributed by atoms with Crippen molar-refractivity contribution >= 4 is 17.7 Å². The highest BCUT2D eigenvalue weighted by Gasteiger charge is 2.28. The minimum absolute atomic E-state index is 0.246. The van der Waals surface area contributed by atoms with Gasteiger partial charge in [-0.2, -0.15) is 0 Å². The van der Waals surface area contributed by atoms with Crippen molar-refractivity contribution in [3.63, 3.8) is 0 Å². The number of piperidine rings is 1. The quantitative estimate of drug-likeness (QED) is 0.459. The Bertz CT molecular complexity index is 275. The third-order valence-electron chi connectivity index (χ3n) is 1.97. The van der Waals surface area contributed by atoms with Crippen LogP contribution in [-0.2, 0) is 14.4 Å². The van der Waals surface area contributed by atoms with Crippen LogP contribution >= 0.6 is 0 Å². The number of hydrogen-bond acceptors (Lipinski definition) is 4. The Morgan fingerprint density at radius 1 is 1.64 bits per heavy atom. The van der Waals surface area contributed by atoms with E-state index < -0.39 is 18.0 Å². The van der Waals surface area contributed by atoms with Gasteiger partial charge in [0, 0.05) is 6.42 Å². The lowest BCUT2D eigenvalue weighted by molar-refractivity contribution is -0.137. The Labute approximate surface area is 81.2 Å². The molecule has 1 aliphatic heterocycles. The standard InChI is InChI=1S/C8H13N3O3/c1-4(9)7(13)10-5-2-3-6(12)11-8(5)14/h4-5H,2-3,9H2,1H3,(H,10,13)(H,11,12,14)/t4-,5+/m0/s1. The number of hydrogen-bond donors (Lipinski definition) is 3. The van der Waals surface area contributed by atoms with E-state index >= 15 is 0 Å². The highest BCUT2D eigenvalue weighted by molar-refractivity contribution is 6.01. The van der Waals surface area contributed by atoms with Gasteiger partial charge < -0.3 is 11.1 Å². The molecule has 6 heteroatoms. The number of amides is 3. The van der Waals surface area contributed by atoms with Crippen LogP contribution in [0, 0.1) is 0 Å². The summed E-state index contributed by atoms with van der Waals surface area (Å²) in [6, 6.07) is -1.29. The van der Waals surface area contributed by atoms with Crippen molar-refractivity contribution < 1.29 is 14.4 Å². The molecule has 1 rings (SSSR count). The summed E-state index contributed by atoms with van der Waals surface area (Å²) in [5.74, 6) is -1.16. The zero-order chi connectivity index (χ0) is 10.7. The fourth-order valence-electron chi connectivity index (χ4n) is 1.13. The average Bonchev–Trinajstić information content (AvgIpc) is 2.09. The molecule has 0 bridgehead atoms. The Morgan fingerprint density at radius 3 is 2.79 bits per heavy atom. The van der Waals surface area contributed by atoms with Gasteiger partial charge >= 0.3 is 0 Å². The molecular weight excluding hydrogens is 186 g/mol. The molecule has 1 saturated heterocycles. The van der Waals surface area contributed by atoms with Gasteiger partial charge in [0.2, 0.25) is 17.7 Å². The Morgan fingerprint density at radius 2 is 2.29 bits per heavy atom. The molecule has 1 heterocycles. The monoisotopic (exact) mass is 199 g/mol. The van der Waals surface area contributed by atoms with E-state index in [4.69, 9.17) is 5.73 Å². The van der Waals surface area contributed by atoms with Gasteiger partial charge in [0.1, 0.15) is 6.04 Å². The van der Waals surface area contributed by atoms with Crippen LogP contribution in [0.5, 0.6) is 0 Å². The lowest BCUT2D eigenvalue weighted by Crippen LogP contribution is -2.54. The molecule has 0 unspecified atom stereocenters. The number of carbonyl (C=O) groups is 3. The van der Waals surface area contributed by atoms with Gasteiger partial charge in [-0.15, -0.1) is 0 Å². The van der Waals surface area contributed by atoms with Crippen molar-refractivity contribution in [2.75, 3.05) is 0 Å². The maximum absolute atomic E-state index is 11.2. The number of imide groups is 1. The summed E-state index contributed by atoms with van der Waals surface area (Å²) < 4.78 is 0. The van der Waals surface area contributed by atoms with Crippen LogP contribution < -0.4 is 16.4 Å². The molecule has 0 radical (unpaired) electrons. The number of carbonyl (C=O) groups excluding carboxylic acids is 3. The van der Waals surface area contributed by atoms with E-state index in [0.717, 1.165) is 0 Å². The average molecular weight is 199 g/mol. The molecule has 3 amide bonds. The molecule has 6 nitrogen and oxygen atoms in total. The fraction of sp³-hybridized carbons (Fsp3) is 0.625. The van der Waals surface area contributed by atoms with Crippen molar-refractivity contribution in [3.8, 4) is 0 Å². The molecule has 0 spiro atoms. The van der Waals surface area contributed by atoms with Crippen LogP contribution in [0.1, 0.15) is 19.8 Å². The van der Waals surface area contributed by atoms with Crippen LogP contribution in [0.15, 0.2) is 0 Å². The largest absolute Gasteiger partial charge is 0.343 e. The van der Waals surface area contributed by atoms with Gasteiger partial charge in [0.15, 0.2) is 0 Å². The van der Waals surface area contributed by atoms with E-state index in [2.05, 4.69) is 10.6 Å². The van der Waals surface area contributed by atoms with Gasteiger partial charge in [0.05, 0.1) is 6.04 Å². The number of nitrogens with one attached hydrogen (secondary N) is 2. The van der Waals surface area contributed by atoms with Crippen molar-refractivity contribution in [1.29, 1.82) is 0 Å². The summed E-state index contributed by atoms with van der Waals surface area (Å²) >= 11 is 0. The van der Waals surface area contributed by atoms with Crippen molar-refractivity contribution in [3.05, 3.63) is 0 Å². The van der Waals surface area contributed by atoms with E-state index in [1.807, 2.05) is 0 Å². The predicted octanol–water partition coefficient (Wildman–Crippen LogP) is -1.74. The zero-order valence-corrected chi connectivity index (χ0v) is 7.87. The molecule has 0 aliphatic carbocycles. The van der Waals surface area contributed by atoms with Crippen molar-refractivity contribution in [2.24, 2.45) is 5.73 Å². The second-order valence-corrected chi connectivity index (χ2v) is 3.30. The summed E-state index contributed by atoms with van der Waals surface area (Å²) in [5, 5.41) is 4.60. The second kappa shape index (κ2) is 4.19. The predicted molar refractivity (Wildman–Crippen MR) is 48.0 cm³/mol. The zero-order valence-electron chi connectivity index (χ0n) is 7.87. The maximum atomic E-state index is 11.2. The minimum Gasteiger partial charge on any atom is -0.343 e. The molecule has 4 N–H and O–H groups in total. The second-order valence-electron chi connectivity index (χ2n) is 3.30. The molecule has 0 aromatic carbocycles. The molecule has 0 saturated carbocycles. The normalized spacial score (nSPS) is 24.0. The molecule has 0 aromatic heterocycles. The highest BCUT2D eigenvalue weighted by atomic mass is 16.2. The van der Waals surface area contributed by atoms with E-state index in [0.29, 0.717) is 6.42 Å². The fourth-order valence-corrected chi connectivity index (χ4v) is 1.13. The van der Waals surface area contributed by atoms with Crippen LogP contribution in [0.2, 0.25) is 0 Å². The third kappa shape index (κ3) is 2.53. The third-order valence-corrected chi connectivity index (χ3v) is 1.97. The summed E-state index contributed by atoms with van der Waals surface area (Å²) in [6.45, 7) is 1.53. The maximum Gasteiger partial charge on any atom is 0.249 e. The molecule has 0 aromatic rings. The van der Waals surface area contributed by atoms with Crippen molar-refractivity contribution in [2.45, 2.75) is 31.8 Å². The van der Waals surface area contributed by atoms with Gasteiger partial charge in [-0.25, -0.2) is 0 Å². The Hall–Kier alpha value is -1.43. The van der Waals surface area contributed by atoms with E-state index in [9.17, 15) is 14.4 Å². The smallest absolute Gasteiger partial charge is 0.249 e.